The summed E-state index contributed by atoms with van der Waals surface area (Å²) < 4.78 is 0. The van der Waals surface area contributed by atoms with Gasteiger partial charge in [-0.3, -0.25) is 9.69 Å². The number of nitrogens with zero attached hydrogens (tertiary/aromatic N) is 2. The SMILES string of the molecule is O=C(c1ccccc1)N1CCN(Cc2c(Cl)cccc2Cl)CC1. The molecule has 23 heavy (non-hydrogen) atoms. The Hall–Kier alpha value is -1.55. The molecule has 1 heterocycles. The molecular formula is C18H18Cl2N2O. The fourth-order valence-electron chi connectivity index (χ4n) is 2.78. The van der Waals surface area contributed by atoms with Crippen LogP contribution in [0.4, 0.5) is 0 Å². The lowest BCUT2D eigenvalue weighted by Gasteiger charge is -2.35. The van der Waals surface area contributed by atoms with Crippen molar-refractivity contribution >= 4 is 29.1 Å². The van der Waals surface area contributed by atoms with Gasteiger partial charge in [0.2, 0.25) is 0 Å². The minimum atomic E-state index is 0.0982. The van der Waals surface area contributed by atoms with Gasteiger partial charge < -0.3 is 4.90 Å². The monoisotopic (exact) mass is 348 g/mol. The molecule has 120 valence electrons. The maximum atomic E-state index is 12.4. The van der Waals surface area contributed by atoms with Crippen LogP contribution >= 0.6 is 23.2 Å². The Kier molecular flexibility index (Phi) is 5.21. The van der Waals surface area contributed by atoms with Gasteiger partial charge in [0.05, 0.1) is 0 Å². The molecule has 2 aromatic carbocycles. The van der Waals surface area contributed by atoms with Gasteiger partial charge in [-0.1, -0.05) is 47.5 Å². The van der Waals surface area contributed by atoms with E-state index in [0.717, 1.165) is 37.3 Å². The van der Waals surface area contributed by atoms with Crippen molar-refractivity contribution in [3.63, 3.8) is 0 Å². The fourth-order valence-corrected chi connectivity index (χ4v) is 3.30. The summed E-state index contributed by atoms with van der Waals surface area (Å²) in [5, 5.41) is 1.39. The van der Waals surface area contributed by atoms with Crippen LogP contribution in [0.3, 0.4) is 0 Å². The highest BCUT2D eigenvalue weighted by Gasteiger charge is 2.22. The maximum Gasteiger partial charge on any atom is 0.253 e. The first-order valence-electron chi connectivity index (χ1n) is 7.65. The van der Waals surface area contributed by atoms with Crippen LogP contribution in [-0.2, 0) is 6.54 Å². The van der Waals surface area contributed by atoms with Gasteiger partial charge in [-0.05, 0) is 24.3 Å². The van der Waals surface area contributed by atoms with Crippen molar-refractivity contribution in [3.8, 4) is 0 Å². The van der Waals surface area contributed by atoms with Crippen LogP contribution in [0.25, 0.3) is 0 Å². The lowest BCUT2D eigenvalue weighted by Crippen LogP contribution is -2.48. The average Bonchev–Trinajstić information content (AvgIpc) is 2.59. The fraction of sp³-hybridized carbons (Fsp3) is 0.278. The summed E-state index contributed by atoms with van der Waals surface area (Å²) in [7, 11) is 0. The van der Waals surface area contributed by atoms with Gasteiger partial charge in [-0.2, -0.15) is 0 Å². The van der Waals surface area contributed by atoms with Crippen LogP contribution in [0.5, 0.6) is 0 Å². The third-order valence-electron chi connectivity index (χ3n) is 4.12. The van der Waals surface area contributed by atoms with Gasteiger partial charge in [0.25, 0.3) is 5.91 Å². The van der Waals surface area contributed by atoms with Crippen molar-refractivity contribution in [1.82, 2.24) is 9.80 Å². The van der Waals surface area contributed by atoms with E-state index in [1.165, 1.54) is 0 Å². The molecule has 0 saturated carbocycles. The summed E-state index contributed by atoms with van der Waals surface area (Å²) in [4.78, 5) is 16.6. The molecule has 0 aromatic heterocycles. The highest BCUT2D eigenvalue weighted by Crippen LogP contribution is 2.26. The Labute approximate surface area is 146 Å². The molecule has 3 rings (SSSR count). The van der Waals surface area contributed by atoms with Gasteiger partial charge in [-0.25, -0.2) is 0 Å². The highest BCUT2D eigenvalue weighted by molar-refractivity contribution is 6.35. The minimum Gasteiger partial charge on any atom is -0.336 e. The number of hydrogen-bond acceptors (Lipinski definition) is 2. The quantitative estimate of drug-likeness (QED) is 0.838. The van der Waals surface area contributed by atoms with E-state index < -0.39 is 0 Å². The van der Waals surface area contributed by atoms with E-state index >= 15 is 0 Å². The summed E-state index contributed by atoms with van der Waals surface area (Å²) >= 11 is 12.5. The van der Waals surface area contributed by atoms with Gasteiger partial charge in [0.1, 0.15) is 0 Å². The number of carbonyl (C=O) groups is 1. The predicted molar refractivity (Wildman–Crippen MR) is 94.1 cm³/mol. The molecule has 0 unspecified atom stereocenters. The van der Waals surface area contributed by atoms with Gasteiger partial charge in [0.15, 0.2) is 0 Å². The van der Waals surface area contributed by atoms with E-state index in [2.05, 4.69) is 4.90 Å². The first-order chi connectivity index (χ1) is 11.1. The van der Waals surface area contributed by atoms with Gasteiger partial charge in [-0.15, -0.1) is 0 Å². The largest absolute Gasteiger partial charge is 0.336 e. The van der Waals surface area contributed by atoms with E-state index in [9.17, 15) is 4.79 Å². The van der Waals surface area contributed by atoms with E-state index in [1.807, 2.05) is 53.4 Å². The highest BCUT2D eigenvalue weighted by atomic mass is 35.5. The summed E-state index contributed by atoms with van der Waals surface area (Å²) in [6.07, 6.45) is 0. The molecule has 1 aliphatic rings. The van der Waals surface area contributed by atoms with Crippen LogP contribution in [0, 0.1) is 0 Å². The normalized spacial score (nSPS) is 15.7. The zero-order chi connectivity index (χ0) is 16.2. The third kappa shape index (κ3) is 3.86. The molecule has 2 aromatic rings. The molecule has 1 saturated heterocycles. The molecule has 0 N–H and O–H groups in total. The summed E-state index contributed by atoms with van der Waals surface area (Å²) in [6.45, 7) is 3.79. The van der Waals surface area contributed by atoms with E-state index in [0.29, 0.717) is 16.6 Å². The molecule has 0 aliphatic carbocycles. The average molecular weight is 349 g/mol. The number of carbonyl (C=O) groups excluding carboxylic acids is 1. The molecule has 1 amide bonds. The first-order valence-corrected chi connectivity index (χ1v) is 8.40. The second-order valence-corrected chi connectivity index (χ2v) is 6.45. The van der Waals surface area contributed by atoms with E-state index in [-0.39, 0.29) is 5.91 Å². The molecule has 1 aliphatic heterocycles. The lowest BCUT2D eigenvalue weighted by atomic mass is 10.1. The number of rotatable bonds is 3. The zero-order valence-electron chi connectivity index (χ0n) is 12.7. The van der Waals surface area contributed by atoms with Crippen LogP contribution in [0.1, 0.15) is 15.9 Å². The van der Waals surface area contributed by atoms with Crippen molar-refractivity contribution < 1.29 is 4.79 Å². The Morgan fingerprint density at radius 2 is 1.48 bits per heavy atom. The van der Waals surface area contributed by atoms with Crippen molar-refractivity contribution in [2.24, 2.45) is 0 Å². The zero-order valence-corrected chi connectivity index (χ0v) is 14.2. The molecule has 1 fully saturated rings. The smallest absolute Gasteiger partial charge is 0.253 e. The van der Waals surface area contributed by atoms with Crippen molar-refractivity contribution in [2.45, 2.75) is 6.54 Å². The van der Waals surface area contributed by atoms with Crippen molar-refractivity contribution in [3.05, 3.63) is 69.7 Å². The van der Waals surface area contributed by atoms with Gasteiger partial charge >= 0.3 is 0 Å². The number of benzene rings is 2. The molecule has 3 nitrogen and oxygen atoms in total. The third-order valence-corrected chi connectivity index (χ3v) is 4.83. The van der Waals surface area contributed by atoms with Gasteiger partial charge in [0, 0.05) is 53.9 Å². The van der Waals surface area contributed by atoms with Crippen LogP contribution < -0.4 is 0 Å². The second kappa shape index (κ2) is 7.35. The maximum absolute atomic E-state index is 12.4. The van der Waals surface area contributed by atoms with Crippen LogP contribution in [0.15, 0.2) is 48.5 Å². The van der Waals surface area contributed by atoms with E-state index in [1.54, 1.807) is 0 Å². The number of piperazine rings is 1. The Bertz CT molecular complexity index is 662. The number of halogens is 2. The Morgan fingerprint density at radius 1 is 0.870 bits per heavy atom. The first kappa shape index (κ1) is 16.3. The van der Waals surface area contributed by atoms with Crippen LogP contribution in [-0.4, -0.2) is 41.9 Å². The molecule has 5 heteroatoms. The number of hydrogen-bond donors (Lipinski definition) is 0. The molecule has 0 radical (unpaired) electrons. The lowest BCUT2D eigenvalue weighted by molar-refractivity contribution is 0.0628. The van der Waals surface area contributed by atoms with Crippen molar-refractivity contribution in [2.75, 3.05) is 26.2 Å². The summed E-state index contributed by atoms with van der Waals surface area (Å²) in [5.41, 5.74) is 1.70. The topological polar surface area (TPSA) is 23.6 Å². The standard InChI is InChI=1S/C18H18Cl2N2O/c19-16-7-4-8-17(20)15(16)13-21-9-11-22(12-10-21)18(23)14-5-2-1-3-6-14/h1-8H,9-13H2. The minimum absolute atomic E-state index is 0.0982. The molecule has 0 spiro atoms. The second-order valence-electron chi connectivity index (χ2n) is 5.63. The Morgan fingerprint density at radius 3 is 2.09 bits per heavy atom. The molecule has 0 atom stereocenters. The Balaban J connectivity index is 1.60. The summed E-state index contributed by atoms with van der Waals surface area (Å²) in [6, 6.07) is 15.0. The predicted octanol–water partition coefficient (Wildman–Crippen LogP) is 3.95. The van der Waals surface area contributed by atoms with E-state index in [4.69, 9.17) is 23.2 Å². The van der Waals surface area contributed by atoms with Crippen molar-refractivity contribution in [1.29, 1.82) is 0 Å². The summed E-state index contributed by atoms with van der Waals surface area (Å²) in [5.74, 6) is 0.0982. The van der Waals surface area contributed by atoms with Crippen LogP contribution in [0.2, 0.25) is 10.0 Å². The number of amides is 1. The molecule has 0 bridgehead atoms. The molecular weight excluding hydrogens is 331 g/mol.